The van der Waals surface area contributed by atoms with Crippen molar-refractivity contribution in [3.8, 4) is 0 Å². The van der Waals surface area contributed by atoms with E-state index in [9.17, 15) is 0 Å². The first-order valence-electron chi connectivity index (χ1n) is 6.14. The first kappa shape index (κ1) is 13.9. The van der Waals surface area contributed by atoms with Crippen LogP contribution in [0.4, 0.5) is 0 Å². The van der Waals surface area contributed by atoms with Crippen LogP contribution < -0.4 is 0 Å². The monoisotopic (exact) mass is 201 g/mol. The highest BCUT2D eigenvalue weighted by Gasteiger charge is 2.14. The Kier molecular flexibility index (Phi) is 9.42. The quantitative estimate of drug-likeness (QED) is 0.620. The van der Waals surface area contributed by atoms with E-state index >= 15 is 0 Å². The summed E-state index contributed by atoms with van der Waals surface area (Å²) in [5.74, 6) is 0. The van der Waals surface area contributed by atoms with Crippen LogP contribution in [0, 0.1) is 0 Å². The molecule has 0 fully saturated rings. The lowest BCUT2D eigenvalue weighted by atomic mass is 10.0. The molecule has 0 heterocycles. The van der Waals surface area contributed by atoms with E-state index in [4.69, 9.17) is 5.11 Å². The predicted molar refractivity (Wildman–Crippen MR) is 62.6 cm³/mol. The van der Waals surface area contributed by atoms with Crippen LogP contribution in [0.25, 0.3) is 0 Å². The molecular formula is C12H27NO. The van der Waals surface area contributed by atoms with Gasteiger partial charge in [0.15, 0.2) is 0 Å². The highest BCUT2D eigenvalue weighted by atomic mass is 16.3. The topological polar surface area (TPSA) is 23.5 Å². The minimum absolute atomic E-state index is 0.321. The Hall–Kier alpha value is -0.0800. The summed E-state index contributed by atoms with van der Waals surface area (Å²) < 4.78 is 0. The van der Waals surface area contributed by atoms with Gasteiger partial charge < -0.3 is 10.0 Å². The predicted octanol–water partition coefficient (Wildman–Crippen LogP) is 2.66. The summed E-state index contributed by atoms with van der Waals surface area (Å²) in [5.41, 5.74) is 0. The van der Waals surface area contributed by atoms with Crippen LogP contribution in [-0.2, 0) is 0 Å². The summed E-state index contributed by atoms with van der Waals surface area (Å²) >= 11 is 0. The summed E-state index contributed by atoms with van der Waals surface area (Å²) in [5, 5.41) is 8.83. The molecule has 0 saturated heterocycles. The lowest BCUT2D eigenvalue weighted by molar-refractivity contribution is 0.164. The molecule has 2 nitrogen and oxygen atoms in total. The first-order chi connectivity index (χ1) is 6.79. The Bertz CT molecular complexity index is 111. The highest BCUT2D eigenvalue weighted by molar-refractivity contribution is 4.69. The van der Waals surface area contributed by atoms with Crippen LogP contribution in [0.1, 0.15) is 52.9 Å². The smallest absolute Gasteiger partial charge is 0.0443 e. The van der Waals surface area contributed by atoms with E-state index in [0.717, 1.165) is 25.6 Å². The number of rotatable bonds is 9. The van der Waals surface area contributed by atoms with Gasteiger partial charge in [0, 0.05) is 19.2 Å². The van der Waals surface area contributed by atoms with Crippen molar-refractivity contribution in [2.24, 2.45) is 0 Å². The normalized spacial score (nSPS) is 11.6. The largest absolute Gasteiger partial charge is 0.396 e. The van der Waals surface area contributed by atoms with Crippen LogP contribution >= 0.6 is 0 Å². The lowest BCUT2D eigenvalue weighted by Crippen LogP contribution is -2.36. The number of nitrogens with zero attached hydrogens (tertiary/aromatic N) is 1. The van der Waals surface area contributed by atoms with Crippen molar-refractivity contribution in [2.75, 3.05) is 19.7 Å². The highest BCUT2D eigenvalue weighted by Crippen LogP contribution is 2.13. The Labute approximate surface area is 89.3 Å². The van der Waals surface area contributed by atoms with Crippen molar-refractivity contribution in [2.45, 2.75) is 58.9 Å². The molecular weight excluding hydrogens is 174 g/mol. The Morgan fingerprint density at radius 1 is 1.07 bits per heavy atom. The molecule has 0 bridgehead atoms. The summed E-state index contributed by atoms with van der Waals surface area (Å²) in [4.78, 5) is 2.52. The van der Waals surface area contributed by atoms with Gasteiger partial charge in [-0.3, -0.25) is 0 Å². The van der Waals surface area contributed by atoms with Crippen LogP contribution in [0.2, 0.25) is 0 Å². The van der Waals surface area contributed by atoms with Crippen LogP contribution in [-0.4, -0.2) is 35.7 Å². The zero-order valence-electron chi connectivity index (χ0n) is 10.1. The van der Waals surface area contributed by atoms with Crippen LogP contribution in [0.5, 0.6) is 0 Å². The molecule has 0 rings (SSSR count). The van der Waals surface area contributed by atoms with Gasteiger partial charge in [0.05, 0.1) is 0 Å². The number of hydrogen-bond donors (Lipinski definition) is 1. The SMILES string of the molecule is CCCC(CCC)N(CC)CCCO. The second-order valence-corrected chi connectivity index (χ2v) is 3.94. The molecule has 0 aromatic heterocycles. The summed E-state index contributed by atoms with van der Waals surface area (Å²) in [6.07, 6.45) is 6.04. The molecule has 0 aliphatic carbocycles. The van der Waals surface area contributed by atoms with Crippen molar-refractivity contribution >= 4 is 0 Å². The molecule has 0 amide bonds. The zero-order chi connectivity index (χ0) is 10.8. The molecule has 0 radical (unpaired) electrons. The van der Waals surface area contributed by atoms with E-state index < -0.39 is 0 Å². The summed E-state index contributed by atoms with van der Waals surface area (Å²) in [7, 11) is 0. The molecule has 0 aromatic carbocycles. The molecule has 1 N–H and O–H groups in total. The van der Waals surface area contributed by atoms with E-state index in [0.29, 0.717) is 6.61 Å². The van der Waals surface area contributed by atoms with Crippen molar-refractivity contribution < 1.29 is 5.11 Å². The first-order valence-corrected chi connectivity index (χ1v) is 6.14. The maximum atomic E-state index is 8.83. The molecule has 0 atom stereocenters. The molecule has 14 heavy (non-hydrogen) atoms. The van der Waals surface area contributed by atoms with Crippen molar-refractivity contribution in [3.05, 3.63) is 0 Å². The van der Waals surface area contributed by atoms with E-state index in [1.807, 2.05) is 0 Å². The summed E-state index contributed by atoms with van der Waals surface area (Å²) in [6.45, 7) is 9.21. The van der Waals surface area contributed by atoms with Gasteiger partial charge in [0.2, 0.25) is 0 Å². The van der Waals surface area contributed by atoms with E-state index in [-0.39, 0.29) is 0 Å². The minimum atomic E-state index is 0.321. The van der Waals surface area contributed by atoms with Crippen molar-refractivity contribution in [1.29, 1.82) is 0 Å². The third-order valence-electron chi connectivity index (χ3n) is 2.77. The molecule has 0 aliphatic rings. The van der Waals surface area contributed by atoms with Gasteiger partial charge in [-0.05, 0) is 25.8 Å². The van der Waals surface area contributed by atoms with Crippen molar-refractivity contribution in [3.63, 3.8) is 0 Å². The maximum Gasteiger partial charge on any atom is 0.0443 e. The van der Waals surface area contributed by atoms with Crippen molar-refractivity contribution in [1.82, 2.24) is 4.90 Å². The Morgan fingerprint density at radius 2 is 1.64 bits per heavy atom. The third-order valence-corrected chi connectivity index (χ3v) is 2.77. The van der Waals surface area contributed by atoms with Gasteiger partial charge >= 0.3 is 0 Å². The van der Waals surface area contributed by atoms with Gasteiger partial charge in [-0.15, -0.1) is 0 Å². The zero-order valence-corrected chi connectivity index (χ0v) is 10.1. The Balaban J connectivity index is 3.96. The fourth-order valence-corrected chi connectivity index (χ4v) is 2.05. The van der Waals surface area contributed by atoms with Gasteiger partial charge in [-0.25, -0.2) is 0 Å². The molecule has 0 saturated carbocycles. The Morgan fingerprint density at radius 3 is 2.00 bits per heavy atom. The van der Waals surface area contributed by atoms with Crippen LogP contribution in [0.3, 0.4) is 0 Å². The third kappa shape index (κ3) is 5.61. The molecule has 0 aliphatic heterocycles. The van der Waals surface area contributed by atoms with Gasteiger partial charge in [-0.2, -0.15) is 0 Å². The van der Waals surface area contributed by atoms with Gasteiger partial charge in [0.1, 0.15) is 0 Å². The minimum Gasteiger partial charge on any atom is -0.396 e. The molecule has 86 valence electrons. The van der Waals surface area contributed by atoms with E-state index in [1.165, 1.54) is 25.7 Å². The lowest BCUT2D eigenvalue weighted by Gasteiger charge is -2.30. The molecule has 2 heteroatoms. The number of aliphatic hydroxyl groups is 1. The maximum absolute atomic E-state index is 8.83. The fourth-order valence-electron chi connectivity index (χ4n) is 2.05. The molecule has 0 aromatic rings. The van der Waals surface area contributed by atoms with E-state index in [2.05, 4.69) is 25.7 Å². The second-order valence-electron chi connectivity index (χ2n) is 3.94. The van der Waals surface area contributed by atoms with E-state index in [1.54, 1.807) is 0 Å². The number of aliphatic hydroxyl groups excluding tert-OH is 1. The standard InChI is InChI=1S/C12H27NO/c1-4-8-12(9-5-2)13(6-3)10-7-11-14/h12,14H,4-11H2,1-3H3. The second kappa shape index (κ2) is 9.47. The molecule has 0 unspecified atom stereocenters. The van der Waals surface area contributed by atoms with Gasteiger partial charge in [-0.1, -0.05) is 33.6 Å². The number of hydrogen-bond acceptors (Lipinski definition) is 2. The average molecular weight is 201 g/mol. The summed E-state index contributed by atoms with van der Waals surface area (Å²) in [6, 6.07) is 0.738. The van der Waals surface area contributed by atoms with Crippen LogP contribution in [0.15, 0.2) is 0 Å². The van der Waals surface area contributed by atoms with Gasteiger partial charge in [0.25, 0.3) is 0 Å². The average Bonchev–Trinajstić information content (AvgIpc) is 2.19. The molecule has 0 spiro atoms. The fraction of sp³-hybridized carbons (Fsp3) is 1.00.